The predicted molar refractivity (Wildman–Crippen MR) is 83.0 cm³/mol. The molecule has 1 heterocycles. The van der Waals surface area contributed by atoms with E-state index in [0.717, 1.165) is 4.68 Å². The lowest BCUT2D eigenvalue weighted by Crippen LogP contribution is -2.06. The molecule has 0 N–H and O–H groups in total. The lowest BCUT2D eigenvalue weighted by atomic mass is 10.3. The molecule has 118 valence electrons. The fourth-order valence-electron chi connectivity index (χ4n) is 2.14. The van der Waals surface area contributed by atoms with Gasteiger partial charge in [0.1, 0.15) is 11.5 Å². The highest BCUT2D eigenvalue weighted by Crippen LogP contribution is 2.25. The summed E-state index contributed by atoms with van der Waals surface area (Å²) >= 11 is 5.77. The van der Waals surface area contributed by atoms with Gasteiger partial charge in [-0.2, -0.15) is 0 Å². The molecule has 0 saturated carbocycles. The molecule has 0 radical (unpaired) electrons. The van der Waals surface area contributed by atoms with Gasteiger partial charge in [0.25, 0.3) is 0 Å². The average molecular weight is 352 g/mol. The Labute approximate surface area is 137 Å². The van der Waals surface area contributed by atoms with Gasteiger partial charge in [-0.25, -0.2) is 17.5 Å². The zero-order valence-corrected chi connectivity index (χ0v) is 13.5. The molecule has 0 unspecified atom stereocenters. The molecule has 0 fully saturated rings. The SMILES string of the molecule is Cc1c(S(=O)(=O)c2ccc(Cl)cc2)nnn1-c1ccccc1F. The Morgan fingerprint density at radius 3 is 2.39 bits per heavy atom. The van der Waals surface area contributed by atoms with Crippen LogP contribution in [0.5, 0.6) is 0 Å². The van der Waals surface area contributed by atoms with Gasteiger partial charge in [0.05, 0.1) is 10.6 Å². The van der Waals surface area contributed by atoms with Gasteiger partial charge >= 0.3 is 0 Å². The van der Waals surface area contributed by atoms with Crippen molar-refractivity contribution in [3.8, 4) is 5.69 Å². The quantitative estimate of drug-likeness (QED) is 0.726. The average Bonchev–Trinajstić information content (AvgIpc) is 2.90. The van der Waals surface area contributed by atoms with Crippen molar-refractivity contribution >= 4 is 21.4 Å². The van der Waals surface area contributed by atoms with E-state index in [2.05, 4.69) is 10.3 Å². The summed E-state index contributed by atoms with van der Waals surface area (Å²) in [6, 6.07) is 11.7. The third-order valence-electron chi connectivity index (χ3n) is 3.31. The molecule has 0 aliphatic rings. The van der Waals surface area contributed by atoms with E-state index in [4.69, 9.17) is 11.6 Å². The zero-order valence-electron chi connectivity index (χ0n) is 11.9. The van der Waals surface area contributed by atoms with Crippen molar-refractivity contribution < 1.29 is 12.8 Å². The molecule has 0 amide bonds. The summed E-state index contributed by atoms with van der Waals surface area (Å²) in [6.45, 7) is 1.52. The van der Waals surface area contributed by atoms with Crippen LogP contribution in [0.25, 0.3) is 5.69 Å². The molecule has 0 aliphatic heterocycles. The second-order valence-electron chi connectivity index (χ2n) is 4.80. The highest BCUT2D eigenvalue weighted by Gasteiger charge is 2.26. The normalized spacial score (nSPS) is 11.6. The van der Waals surface area contributed by atoms with Crippen LogP contribution in [0.4, 0.5) is 4.39 Å². The van der Waals surface area contributed by atoms with Crippen LogP contribution in [0.15, 0.2) is 58.5 Å². The third kappa shape index (κ3) is 2.73. The van der Waals surface area contributed by atoms with Crippen LogP contribution in [0.2, 0.25) is 5.02 Å². The maximum absolute atomic E-state index is 13.9. The Bertz CT molecular complexity index is 969. The van der Waals surface area contributed by atoms with E-state index in [1.165, 1.54) is 49.4 Å². The highest BCUT2D eigenvalue weighted by molar-refractivity contribution is 7.91. The van der Waals surface area contributed by atoms with Crippen LogP contribution < -0.4 is 0 Å². The number of hydrogen-bond donors (Lipinski definition) is 0. The van der Waals surface area contributed by atoms with Crippen LogP contribution in [0, 0.1) is 12.7 Å². The topological polar surface area (TPSA) is 64.8 Å². The molecule has 0 saturated heterocycles. The molecular formula is C15H11ClFN3O2S. The first-order chi connectivity index (χ1) is 10.9. The van der Waals surface area contributed by atoms with Gasteiger partial charge in [0, 0.05) is 5.02 Å². The summed E-state index contributed by atoms with van der Waals surface area (Å²) in [4.78, 5) is 0.0468. The van der Waals surface area contributed by atoms with Crippen molar-refractivity contribution in [3.05, 3.63) is 65.1 Å². The van der Waals surface area contributed by atoms with E-state index >= 15 is 0 Å². The van der Waals surface area contributed by atoms with Crippen molar-refractivity contribution in [2.75, 3.05) is 0 Å². The van der Waals surface area contributed by atoms with Crippen molar-refractivity contribution in [3.63, 3.8) is 0 Å². The summed E-state index contributed by atoms with van der Waals surface area (Å²) in [5.74, 6) is -0.518. The number of hydrogen-bond acceptors (Lipinski definition) is 4. The molecule has 5 nitrogen and oxygen atoms in total. The van der Waals surface area contributed by atoms with Gasteiger partial charge in [-0.15, -0.1) is 5.10 Å². The largest absolute Gasteiger partial charge is 0.227 e. The number of benzene rings is 2. The van der Waals surface area contributed by atoms with Crippen LogP contribution >= 0.6 is 11.6 Å². The molecule has 2 aromatic carbocycles. The minimum Gasteiger partial charge on any atom is -0.217 e. The monoisotopic (exact) mass is 351 g/mol. The fraction of sp³-hybridized carbons (Fsp3) is 0.0667. The molecule has 1 aromatic heterocycles. The maximum atomic E-state index is 13.9. The molecule has 3 rings (SSSR count). The van der Waals surface area contributed by atoms with E-state index in [9.17, 15) is 12.8 Å². The first kappa shape index (κ1) is 15.6. The van der Waals surface area contributed by atoms with Gasteiger partial charge in [0.15, 0.2) is 0 Å². The molecule has 0 spiro atoms. The molecule has 8 heteroatoms. The van der Waals surface area contributed by atoms with Gasteiger partial charge in [-0.05, 0) is 43.3 Å². The van der Waals surface area contributed by atoms with Crippen molar-refractivity contribution in [2.24, 2.45) is 0 Å². The Kier molecular flexibility index (Phi) is 3.91. The van der Waals surface area contributed by atoms with Crippen LogP contribution in [0.1, 0.15) is 5.69 Å². The fourth-order valence-corrected chi connectivity index (χ4v) is 3.60. The molecule has 3 aromatic rings. The first-order valence-corrected chi connectivity index (χ1v) is 8.45. The Morgan fingerprint density at radius 2 is 1.74 bits per heavy atom. The number of halogens is 2. The van der Waals surface area contributed by atoms with E-state index in [-0.39, 0.29) is 21.3 Å². The van der Waals surface area contributed by atoms with Crippen molar-refractivity contribution in [1.29, 1.82) is 0 Å². The van der Waals surface area contributed by atoms with E-state index in [1.807, 2.05) is 0 Å². The van der Waals surface area contributed by atoms with Gasteiger partial charge in [0.2, 0.25) is 14.9 Å². The van der Waals surface area contributed by atoms with Crippen LogP contribution in [-0.4, -0.2) is 23.4 Å². The Balaban J connectivity index is 2.12. The summed E-state index contributed by atoms with van der Waals surface area (Å²) in [7, 11) is -3.86. The number of para-hydroxylation sites is 1. The van der Waals surface area contributed by atoms with E-state index < -0.39 is 15.7 Å². The van der Waals surface area contributed by atoms with Crippen molar-refractivity contribution in [1.82, 2.24) is 15.0 Å². The second-order valence-corrected chi connectivity index (χ2v) is 7.10. The summed E-state index contributed by atoms with van der Waals surface area (Å²) < 4.78 is 40.3. The van der Waals surface area contributed by atoms with Crippen molar-refractivity contribution in [2.45, 2.75) is 16.8 Å². The minimum atomic E-state index is -3.86. The Morgan fingerprint density at radius 1 is 1.09 bits per heavy atom. The molecule has 0 atom stereocenters. The van der Waals surface area contributed by atoms with Gasteiger partial charge in [-0.1, -0.05) is 28.9 Å². The van der Waals surface area contributed by atoms with E-state index in [0.29, 0.717) is 5.02 Å². The minimum absolute atomic E-state index is 0.0468. The number of rotatable bonds is 3. The maximum Gasteiger partial charge on any atom is 0.227 e. The number of nitrogens with zero attached hydrogens (tertiary/aromatic N) is 3. The standard InChI is InChI=1S/C15H11ClFN3O2S/c1-10-15(23(21,22)12-8-6-11(16)7-9-12)18-19-20(10)14-5-3-2-4-13(14)17/h2-9H,1H3. The third-order valence-corrected chi connectivity index (χ3v) is 5.34. The number of aromatic nitrogens is 3. The van der Waals surface area contributed by atoms with E-state index in [1.54, 1.807) is 6.07 Å². The summed E-state index contributed by atoms with van der Waals surface area (Å²) in [5.41, 5.74) is 0.361. The highest BCUT2D eigenvalue weighted by atomic mass is 35.5. The lowest BCUT2D eigenvalue weighted by Gasteiger charge is -2.05. The lowest BCUT2D eigenvalue weighted by molar-refractivity contribution is 0.591. The van der Waals surface area contributed by atoms with Crippen LogP contribution in [0.3, 0.4) is 0 Å². The predicted octanol–water partition coefficient (Wildman–Crippen LogP) is 3.20. The summed E-state index contributed by atoms with van der Waals surface area (Å²) in [6.07, 6.45) is 0. The zero-order chi connectivity index (χ0) is 16.6. The second kappa shape index (κ2) is 5.75. The molecular weight excluding hydrogens is 341 g/mol. The molecule has 0 aliphatic carbocycles. The first-order valence-electron chi connectivity index (χ1n) is 6.59. The Hall–Kier alpha value is -2.25. The summed E-state index contributed by atoms with van der Waals surface area (Å²) in [5, 5.41) is 7.71. The van der Waals surface area contributed by atoms with Gasteiger partial charge < -0.3 is 0 Å². The van der Waals surface area contributed by atoms with Crippen LogP contribution in [-0.2, 0) is 9.84 Å². The smallest absolute Gasteiger partial charge is 0.217 e. The molecule has 23 heavy (non-hydrogen) atoms. The number of sulfone groups is 1. The van der Waals surface area contributed by atoms with Gasteiger partial charge in [-0.3, -0.25) is 0 Å². The molecule has 0 bridgehead atoms.